The number of esters is 1. The maximum atomic E-state index is 16.2. The molecule has 0 aromatic heterocycles. The minimum atomic E-state index is -8.21. The van der Waals surface area contributed by atoms with Crippen LogP contribution in [0.4, 0.5) is 57.1 Å². The number of alkyl halides is 13. The summed E-state index contributed by atoms with van der Waals surface area (Å²) in [6.45, 7) is -6.28. The Labute approximate surface area is 274 Å². The molecular weight excluding hydrogens is 723 g/mol. The fourth-order valence-electron chi connectivity index (χ4n) is 4.14. The Hall–Kier alpha value is -3.88. The maximum absolute atomic E-state index is 16.2. The molecule has 0 saturated carbocycles. The highest BCUT2D eigenvalue weighted by molar-refractivity contribution is 5.70. The van der Waals surface area contributed by atoms with Crippen LogP contribution in [0.3, 0.4) is 0 Å². The number of hydrogen-bond acceptors (Lipinski definition) is 8. The Morgan fingerprint density at radius 3 is 1.42 bits per heavy atom. The summed E-state index contributed by atoms with van der Waals surface area (Å²) in [5.74, 6) is -42.7. The first-order valence-corrected chi connectivity index (χ1v) is 14.1. The Bertz CT molecular complexity index is 1380. The van der Waals surface area contributed by atoms with Gasteiger partial charge in [-0.3, -0.25) is 0 Å². The summed E-state index contributed by atoms with van der Waals surface area (Å²) in [6, 6.07) is 9.13. The second kappa shape index (κ2) is 15.2. The fourth-order valence-corrected chi connectivity index (χ4v) is 4.14. The van der Waals surface area contributed by atoms with E-state index < -0.39 is 85.3 Å². The van der Waals surface area contributed by atoms with E-state index in [0.717, 1.165) is 24.3 Å². The lowest BCUT2D eigenvalue weighted by molar-refractivity contribution is -0.452. The van der Waals surface area contributed by atoms with Gasteiger partial charge in [0, 0.05) is 0 Å². The number of carbonyl (C=O) groups is 1. The topological polar surface area (TPSA) is 81.7 Å². The van der Waals surface area contributed by atoms with Gasteiger partial charge in [-0.1, -0.05) is 24.3 Å². The van der Waals surface area contributed by atoms with Crippen molar-refractivity contribution in [3.63, 3.8) is 0 Å². The van der Waals surface area contributed by atoms with Crippen molar-refractivity contribution in [3.8, 4) is 23.0 Å². The van der Waals surface area contributed by atoms with Crippen LogP contribution >= 0.6 is 0 Å². The predicted octanol–water partition coefficient (Wildman–Crippen LogP) is 6.99. The minimum Gasteiger partial charge on any atom is -0.487 e. The largest absolute Gasteiger partial charge is 0.487 e. The molecule has 0 bridgehead atoms. The van der Waals surface area contributed by atoms with E-state index in [1.165, 1.54) is 31.2 Å². The molecule has 1 heterocycles. The van der Waals surface area contributed by atoms with Crippen LogP contribution in [0.15, 0.2) is 48.5 Å². The summed E-state index contributed by atoms with van der Waals surface area (Å²) in [6.07, 6.45) is -7.63. The van der Waals surface area contributed by atoms with Gasteiger partial charge in [0.1, 0.15) is 33.0 Å². The van der Waals surface area contributed by atoms with Crippen LogP contribution in [-0.4, -0.2) is 100 Å². The van der Waals surface area contributed by atoms with Gasteiger partial charge in [0.2, 0.25) is 5.60 Å². The number of rotatable bonds is 9. The number of carbonyl (C=O) groups excluding carboxylic acids is 1. The van der Waals surface area contributed by atoms with Gasteiger partial charge in [-0.05, 0) is 31.2 Å². The lowest BCUT2D eigenvalue weighted by atomic mass is 9.84. The molecule has 1 aliphatic rings. The number of halogens is 13. The van der Waals surface area contributed by atoms with Gasteiger partial charge in [0.05, 0.1) is 19.8 Å². The molecule has 3 rings (SSSR count). The third kappa shape index (κ3) is 7.71. The lowest BCUT2D eigenvalue weighted by Gasteiger charge is -2.46. The average molecular weight is 751 g/mol. The average Bonchev–Trinajstić information content (AvgIpc) is 3.03. The fraction of sp³-hybridized carbons (Fsp3) is 0.552. The number of benzene rings is 2. The monoisotopic (exact) mass is 750 g/mol. The molecule has 0 fully saturated rings. The van der Waals surface area contributed by atoms with Crippen molar-refractivity contribution in [1.82, 2.24) is 0 Å². The van der Waals surface area contributed by atoms with E-state index in [1.807, 2.05) is 0 Å². The molecule has 0 spiro atoms. The third-order valence-corrected chi connectivity index (χ3v) is 6.87. The van der Waals surface area contributed by atoms with Crippen LogP contribution < -0.4 is 18.9 Å². The van der Waals surface area contributed by atoms with Crippen LogP contribution in [0, 0.1) is 0 Å². The summed E-state index contributed by atoms with van der Waals surface area (Å²) in [7, 11) is 0. The van der Waals surface area contributed by atoms with E-state index in [1.54, 1.807) is 0 Å². The van der Waals surface area contributed by atoms with Crippen molar-refractivity contribution in [2.24, 2.45) is 0 Å². The SMILES string of the molecule is CCOC(=O)COC1(C(F)(F)C(F)(F)C(F)(F)C(F)(F)C(F)(F)C(F)(F)F)COc2ccccc2OCCOCCOc2ccccc2OC1. The molecular formula is C29H27F13O8. The van der Waals surface area contributed by atoms with Crippen molar-refractivity contribution < 1.29 is 95.0 Å². The minimum absolute atomic E-state index is 0.126. The molecule has 2 aromatic carbocycles. The lowest BCUT2D eigenvalue weighted by Crippen LogP contribution is -2.75. The number of hydrogen-bond donors (Lipinski definition) is 0. The molecule has 2 aromatic rings. The standard InChI is InChI=1S/C29H27F13O8/c1-2-45-22(43)15-50-23(24(30,31)25(32,33)26(34,35)27(36,37)28(38,39)29(40,41)42)16-48-20-9-5-3-7-18(20)46-13-11-44-12-14-47-19-8-4-6-10-21(19)49-17-23/h3-10H,2,11-17H2,1H3. The van der Waals surface area contributed by atoms with Gasteiger partial charge in [-0.15, -0.1) is 0 Å². The number of fused-ring (bicyclic) bond motifs is 2. The van der Waals surface area contributed by atoms with E-state index >= 15 is 17.6 Å². The zero-order valence-electron chi connectivity index (χ0n) is 25.5. The predicted molar refractivity (Wildman–Crippen MR) is 142 cm³/mol. The second-order valence-corrected chi connectivity index (χ2v) is 10.2. The van der Waals surface area contributed by atoms with Gasteiger partial charge in [0.15, 0.2) is 23.0 Å². The highest BCUT2D eigenvalue weighted by atomic mass is 19.4. The first-order chi connectivity index (χ1) is 23.1. The van der Waals surface area contributed by atoms with E-state index in [9.17, 15) is 44.3 Å². The molecule has 50 heavy (non-hydrogen) atoms. The molecule has 21 heteroatoms. The zero-order valence-corrected chi connectivity index (χ0v) is 25.5. The molecule has 0 saturated heterocycles. The van der Waals surface area contributed by atoms with Gasteiger partial charge in [-0.2, -0.15) is 57.1 Å². The van der Waals surface area contributed by atoms with Crippen LogP contribution in [-0.2, 0) is 19.0 Å². The van der Waals surface area contributed by atoms with Crippen molar-refractivity contribution in [3.05, 3.63) is 48.5 Å². The normalized spacial score (nSPS) is 17.2. The maximum Gasteiger partial charge on any atom is 0.460 e. The Kier molecular flexibility index (Phi) is 12.3. The molecule has 0 atom stereocenters. The van der Waals surface area contributed by atoms with Crippen molar-refractivity contribution in [2.75, 3.05) is 52.9 Å². The summed E-state index contributed by atoms with van der Waals surface area (Å²) < 4.78 is 223. The van der Waals surface area contributed by atoms with E-state index in [-0.39, 0.29) is 37.9 Å². The van der Waals surface area contributed by atoms with Crippen molar-refractivity contribution in [1.29, 1.82) is 0 Å². The van der Waals surface area contributed by atoms with E-state index in [2.05, 4.69) is 9.47 Å². The summed E-state index contributed by atoms with van der Waals surface area (Å²) >= 11 is 0. The number of para-hydroxylation sites is 4. The highest BCUT2D eigenvalue weighted by Crippen LogP contribution is 2.62. The summed E-state index contributed by atoms with van der Waals surface area (Å²) in [4.78, 5) is 12.1. The third-order valence-electron chi connectivity index (χ3n) is 6.87. The zero-order chi connectivity index (χ0) is 37.7. The number of ether oxygens (including phenoxy) is 7. The van der Waals surface area contributed by atoms with Crippen LogP contribution in [0.5, 0.6) is 23.0 Å². The van der Waals surface area contributed by atoms with Crippen molar-refractivity contribution >= 4 is 5.97 Å². The Balaban J connectivity index is 2.27. The molecule has 0 radical (unpaired) electrons. The Morgan fingerprint density at radius 2 is 1.02 bits per heavy atom. The van der Waals surface area contributed by atoms with Crippen LogP contribution in [0.2, 0.25) is 0 Å². The first kappa shape index (κ1) is 40.5. The molecule has 282 valence electrons. The van der Waals surface area contributed by atoms with E-state index in [4.69, 9.17) is 23.7 Å². The van der Waals surface area contributed by atoms with Gasteiger partial charge in [-0.25, -0.2) is 4.79 Å². The molecule has 0 amide bonds. The van der Waals surface area contributed by atoms with Crippen LogP contribution in [0.25, 0.3) is 0 Å². The highest BCUT2D eigenvalue weighted by Gasteiger charge is 2.93. The molecule has 8 nitrogen and oxygen atoms in total. The Morgan fingerprint density at radius 1 is 0.620 bits per heavy atom. The summed E-state index contributed by atoms with van der Waals surface area (Å²) in [5.41, 5.74) is -4.61. The van der Waals surface area contributed by atoms with E-state index in [0.29, 0.717) is 0 Å². The quantitative estimate of drug-likeness (QED) is 0.201. The van der Waals surface area contributed by atoms with Crippen LogP contribution in [0.1, 0.15) is 6.92 Å². The molecule has 0 unspecified atom stereocenters. The van der Waals surface area contributed by atoms with Gasteiger partial charge in [0.25, 0.3) is 0 Å². The second-order valence-electron chi connectivity index (χ2n) is 10.2. The smallest absolute Gasteiger partial charge is 0.460 e. The van der Waals surface area contributed by atoms with Gasteiger partial charge >= 0.3 is 41.8 Å². The molecule has 0 N–H and O–H groups in total. The molecule has 0 aliphatic carbocycles. The van der Waals surface area contributed by atoms with Crippen molar-refractivity contribution in [2.45, 2.75) is 48.3 Å². The van der Waals surface area contributed by atoms with Gasteiger partial charge < -0.3 is 33.2 Å². The first-order valence-electron chi connectivity index (χ1n) is 14.1. The summed E-state index contributed by atoms with van der Waals surface area (Å²) in [5, 5.41) is 0. The molecule has 1 aliphatic heterocycles.